The average molecular weight is 486 g/mol. The van der Waals surface area contributed by atoms with Crippen LogP contribution in [0.25, 0.3) is 0 Å². The number of nitrogens with one attached hydrogen (secondary N) is 1. The molecule has 3 unspecified atom stereocenters. The number of carbonyl (C=O) groups is 2. The molecule has 1 amide bonds. The van der Waals surface area contributed by atoms with Crippen LogP contribution in [0.15, 0.2) is 10.9 Å². The molecule has 2 aliphatic carbocycles. The smallest absolute Gasteiger partial charge is 0.311 e. The minimum atomic E-state index is -0.339. The first-order valence-electron chi connectivity index (χ1n) is 14.0. The van der Waals surface area contributed by atoms with Crippen LogP contribution < -0.4 is 10.9 Å². The Morgan fingerprint density at radius 3 is 2.54 bits per heavy atom. The SMILES string of the molecule is CCOC(=O)C1CCCCC1NC(=O)c1cc2c(n(CC3CCCN3CC)c1=O)CCCCCC2. The average Bonchev–Trinajstić information content (AvgIpc) is 3.29. The molecule has 1 saturated carbocycles. The lowest BCUT2D eigenvalue weighted by atomic mass is 9.84. The maximum Gasteiger partial charge on any atom is 0.311 e. The van der Waals surface area contributed by atoms with E-state index in [-0.39, 0.29) is 35.0 Å². The molecule has 1 aliphatic heterocycles. The highest BCUT2D eigenvalue weighted by atomic mass is 16.5. The van der Waals surface area contributed by atoms with Crippen molar-refractivity contribution >= 4 is 11.9 Å². The van der Waals surface area contributed by atoms with Gasteiger partial charge < -0.3 is 14.6 Å². The summed E-state index contributed by atoms with van der Waals surface area (Å²) in [6.07, 6.45) is 12.0. The number of hydrogen-bond donors (Lipinski definition) is 1. The molecule has 2 fully saturated rings. The Labute approximate surface area is 209 Å². The quantitative estimate of drug-likeness (QED) is 0.594. The van der Waals surface area contributed by atoms with Gasteiger partial charge in [0, 0.05) is 24.3 Å². The molecule has 0 radical (unpaired) electrons. The first-order chi connectivity index (χ1) is 17.0. The molecule has 0 aromatic carbocycles. The lowest BCUT2D eigenvalue weighted by Gasteiger charge is -2.31. The number of likely N-dealkylation sites (tertiary alicyclic amines) is 1. The number of carbonyl (C=O) groups excluding carboxylic acids is 2. The van der Waals surface area contributed by atoms with Gasteiger partial charge in [-0.25, -0.2) is 0 Å². The summed E-state index contributed by atoms with van der Waals surface area (Å²) >= 11 is 0. The van der Waals surface area contributed by atoms with Gasteiger partial charge in [0.05, 0.1) is 12.5 Å². The number of hydrogen-bond acceptors (Lipinski definition) is 5. The monoisotopic (exact) mass is 485 g/mol. The first kappa shape index (κ1) is 25.9. The molecule has 7 nitrogen and oxygen atoms in total. The zero-order valence-corrected chi connectivity index (χ0v) is 21.7. The fourth-order valence-corrected chi connectivity index (χ4v) is 6.40. The van der Waals surface area contributed by atoms with E-state index >= 15 is 0 Å². The predicted molar refractivity (Wildman–Crippen MR) is 137 cm³/mol. The molecule has 1 saturated heterocycles. The summed E-state index contributed by atoms with van der Waals surface area (Å²) in [5, 5.41) is 3.08. The van der Waals surface area contributed by atoms with E-state index in [0.29, 0.717) is 25.6 Å². The largest absolute Gasteiger partial charge is 0.466 e. The number of rotatable bonds is 7. The number of amides is 1. The Balaban J connectivity index is 1.64. The van der Waals surface area contributed by atoms with Gasteiger partial charge in [-0.15, -0.1) is 0 Å². The van der Waals surface area contributed by atoms with E-state index in [4.69, 9.17) is 4.74 Å². The lowest BCUT2D eigenvalue weighted by Crippen LogP contribution is -2.47. The Hall–Kier alpha value is -2.15. The molecule has 2 heterocycles. The van der Waals surface area contributed by atoms with Gasteiger partial charge in [-0.3, -0.25) is 19.3 Å². The van der Waals surface area contributed by atoms with Crippen LogP contribution in [-0.4, -0.2) is 53.1 Å². The number of aryl methyl sites for hydroxylation is 1. The van der Waals surface area contributed by atoms with Crippen molar-refractivity contribution in [3.05, 3.63) is 33.2 Å². The normalized spacial score (nSPS) is 25.4. The third-order valence-electron chi connectivity index (χ3n) is 8.32. The highest BCUT2D eigenvalue weighted by Crippen LogP contribution is 2.27. The van der Waals surface area contributed by atoms with Crippen LogP contribution in [0.2, 0.25) is 0 Å². The van der Waals surface area contributed by atoms with Crippen molar-refractivity contribution in [1.29, 1.82) is 0 Å². The van der Waals surface area contributed by atoms with Crippen LogP contribution in [0, 0.1) is 5.92 Å². The molecular formula is C28H43N3O4. The van der Waals surface area contributed by atoms with Crippen molar-refractivity contribution in [1.82, 2.24) is 14.8 Å². The third-order valence-corrected chi connectivity index (χ3v) is 8.32. The Morgan fingerprint density at radius 2 is 1.77 bits per heavy atom. The zero-order chi connectivity index (χ0) is 24.8. The van der Waals surface area contributed by atoms with Crippen molar-refractivity contribution in [2.45, 2.75) is 110 Å². The summed E-state index contributed by atoms with van der Waals surface area (Å²) in [5.41, 5.74) is 2.35. The lowest BCUT2D eigenvalue weighted by molar-refractivity contribution is -0.150. The molecule has 7 heteroatoms. The van der Waals surface area contributed by atoms with Crippen LogP contribution in [-0.2, 0) is 28.9 Å². The summed E-state index contributed by atoms with van der Waals surface area (Å²) in [6, 6.07) is 1.93. The van der Waals surface area contributed by atoms with Crippen LogP contribution >= 0.6 is 0 Å². The van der Waals surface area contributed by atoms with Gasteiger partial charge in [0.1, 0.15) is 5.56 Å². The number of pyridine rings is 1. The maximum atomic E-state index is 13.8. The Bertz CT molecular complexity index is 956. The minimum Gasteiger partial charge on any atom is -0.466 e. The summed E-state index contributed by atoms with van der Waals surface area (Å²) in [4.78, 5) is 42.3. The van der Waals surface area contributed by atoms with Crippen molar-refractivity contribution in [3.8, 4) is 0 Å². The van der Waals surface area contributed by atoms with Gasteiger partial charge in [-0.2, -0.15) is 0 Å². The highest BCUT2D eigenvalue weighted by Gasteiger charge is 2.34. The highest BCUT2D eigenvalue weighted by molar-refractivity contribution is 5.94. The molecule has 0 spiro atoms. The van der Waals surface area contributed by atoms with E-state index in [1.165, 1.54) is 12.8 Å². The fourth-order valence-electron chi connectivity index (χ4n) is 6.40. The third kappa shape index (κ3) is 5.99. The van der Waals surface area contributed by atoms with Crippen molar-refractivity contribution in [2.75, 3.05) is 19.7 Å². The molecule has 3 aliphatic rings. The van der Waals surface area contributed by atoms with Gasteiger partial charge in [-0.1, -0.05) is 32.6 Å². The second kappa shape index (κ2) is 12.2. The maximum absolute atomic E-state index is 13.8. The van der Waals surface area contributed by atoms with E-state index in [1.807, 2.05) is 10.6 Å². The van der Waals surface area contributed by atoms with E-state index in [9.17, 15) is 14.4 Å². The molecule has 4 rings (SSSR count). The van der Waals surface area contributed by atoms with Gasteiger partial charge in [-0.05, 0) is 83.0 Å². The molecular weight excluding hydrogens is 442 g/mol. The number of esters is 1. The number of nitrogens with zero attached hydrogens (tertiary/aromatic N) is 2. The first-order valence-corrected chi connectivity index (χ1v) is 14.0. The molecule has 1 aromatic rings. The predicted octanol–water partition coefficient (Wildman–Crippen LogP) is 3.84. The minimum absolute atomic E-state index is 0.173. The van der Waals surface area contributed by atoms with E-state index in [2.05, 4.69) is 17.1 Å². The van der Waals surface area contributed by atoms with E-state index in [1.54, 1.807) is 6.92 Å². The second-order valence-electron chi connectivity index (χ2n) is 10.5. The van der Waals surface area contributed by atoms with Crippen molar-refractivity contribution in [2.24, 2.45) is 5.92 Å². The van der Waals surface area contributed by atoms with E-state index in [0.717, 1.165) is 82.1 Å². The van der Waals surface area contributed by atoms with Gasteiger partial charge in [0.15, 0.2) is 0 Å². The van der Waals surface area contributed by atoms with Crippen LogP contribution in [0.5, 0.6) is 0 Å². The van der Waals surface area contributed by atoms with Crippen LogP contribution in [0.3, 0.4) is 0 Å². The summed E-state index contributed by atoms with van der Waals surface area (Å²) < 4.78 is 7.22. The fraction of sp³-hybridized carbons (Fsp3) is 0.750. The van der Waals surface area contributed by atoms with Gasteiger partial charge >= 0.3 is 5.97 Å². The van der Waals surface area contributed by atoms with Gasteiger partial charge in [0.2, 0.25) is 0 Å². The number of aromatic nitrogens is 1. The van der Waals surface area contributed by atoms with Crippen molar-refractivity contribution in [3.63, 3.8) is 0 Å². The van der Waals surface area contributed by atoms with Gasteiger partial charge in [0.25, 0.3) is 11.5 Å². The zero-order valence-electron chi connectivity index (χ0n) is 21.7. The number of ether oxygens (including phenoxy) is 1. The van der Waals surface area contributed by atoms with Crippen molar-refractivity contribution < 1.29 is 14.3 Å². The standard InChI is InChI=1S/C28H43N3O4/c1-3-30-17-11-13-21(30)19-31-25-16-8-6-5-7-12-20(25)18-23(27(31)33)26(32)29-24-15-10-9-14-22(24)28(34)35-4-2/h18,21-22,24H,3-17,19H2,1-2H3,(H,29,32). The summed E-state index contributed by atoms with van der Waals surface area (Å²) in [6.45, 7) is 7.04. The Kier molecular flexibility index (Phi) is 9.04. The Morgan fingerprint density at radius 1 is 1.00 bits per heavy atom. The second-order valence-corrected chi connectivity index (χ2v) is 10.5. The molecule has 3 atom stereocenters. The molecule has 194 valence electrons. The van der Waals surface area contributed by atoms with Crippen LogP contribution in [0.1, 0.15) is 99.7 Å². The summed E-state index contributed by atoms with van der Waals surface area (Å²) in [5.74, 6) is -0.918. The van der Waals surface area contributed by atoms with E-state index < -0.39 is 0 Å². The number of fused-ring (bicyclic) bond motifs is 1. The topological polar surface area (TPSA) is 80.6 Å². The number of likely N-dealkylation sites (N-methyl/N-ethyl adjacent to an activating group) is 1. The summed E-state index contributed by atoms with van der Waals surface area (Å²) in [7, 11) is 0. The molecule has 1 aromatic heterocycles. The molecule has 0 bridgehead atoms. The van der Waals surface area contributed by atoms with Crippen LogP contribution in [0.4, 0.5) is 0 Å². The molecule has 1 N–H and O–H groups in total. The molecule has 35 heavy (non-hydrogen) atoms.